The van der Waals surface area contributed by atoms with Gasteiger partial charge in [0.05, 0.1) is 5.56 Å². The monoisotopic (exact) mass is 342 g/mol. The number of carbonyl (C=O) groups excluding carboxylic acids is 1. The third-order valence-corrected chi connectivity index (χ3v) is 3.74. The number of hydrogen-bond donors (Lipinski definition) is 2. The molecule has 2 heterocycles. The Labute approximate surface area is 147 Å². The zero-order valence-electron chi connectivity index (χ0n) is 14.4. The number of nitrogens with one attached hydrogen (secondary N) is 2. The lowest BCUT2D eigenvalue weighted by Gasteiger charge is -2.10. The molecule has 2 aromatic rings. The van der Waals surface area contributed by atoms with Crippen molar-refractivity contribution in [2.45, 2.75) is 6.42 Å². The van der Waals surface area contributed by atoms with Gasteiger partial charge < -0.3 is 25.0 Å². The fourth-order valence-electron chi connectivity index (χ4n) is 2.42. The van der Waals surface area contributed by atoms with E-state index in [0.717, 1.165) is 24.4 Å². The van der Waals surface area contributed by atoms with Crippen LogP contribution in [-0.4, -0.2) is 49.8 Å². The molecule has 1 aliphatic heterocycles. The molecular formula is C18H22N4O3. The van der Waals surface area contributed by atoms with Crippen molar-refractivity contribution in [3.63, 3.8) is 0 Å². The first-order valence-electron chi connectivity index (χ1n) is 8.17. The molecule has 0 saturated heterocycles. The van der Waals surface area contributed by atoms with Crippen molar-refractivity contribution in [2.24, 2.45) is 0 Å². The second-order valence-corrected chi connectivity index (χ2v) is 6.04. The summed E-state index contributed by atoms with van der Waals surface area (Å²) < 4.78 is 10.6. The molecule has 7 heteroatoms. The van der Waals surface area contributed by atoms with Crippen LogP contribution in [-0.2, 0) is 0 Å². The molecule has 0 atom stereocenters. The Morgan fingerprint density at radius 1 is 1.20 bits per heavy atom. The molecule has 0 bridgehead atoms. The van der Waals surface area contributed by atoms with Gasteiger partial charge in [-0.3, -0.25) is 4.79 Å². The average molecular weight is 342 g/mol. The van der Waals surface area contributed by atoms with Gasteiger partial charge in [0.2, 0.25) is 6.79 Å². The van der Waals surface area contributed by atoms with E-state index >= 15 is 0 Å². The maximum absolute atomic E-state index is 12.1. The summed E-state index contributed by atoms with van der Waals surface area (Å²) in [6.45, 7) is 1.83. The molecule has 7 nitrogen and oxygen atoms in total. The van der Waals surface area contributed by atoms with Gasteiger partial charge in [-0.2, -0.15) is 0 Å². The Balaban J connectivity index is 1.54. The van der Waals surface area contributed by atoms with Crippen molar-refractivity contribution in [2.75, 3.05) is 39.3 Å². The maximum atomic E-state index is 12.1. The van der Waals surface area contributed by atoms with E-state index in [4.69, 9.17) is 9.47 Å². The highest BCUT2D eigenvalue weighted by atomic mass is 16.7. The molecule has 1 aliphatic rings. The van der Waals surface area contributed by atoms with E-state index < -0.39 is 0 Å². The summed E-state index contributed by atoms with van der Waals surface area (Å²) in [7, 11) is 4.02. The van der Waals surface area contributed by atoms with Crippen LogP contribution in [0.5, 0.6) is 11.5 Å². The molecule has 1 aromatic carbocycles. The molecule has 0 radical (unpaired) electrons. The van der Waals surface area contributed by atoms with Gasteiger partial charge in [0.25, 0.3) is 5.91 Å². The van der Waals surface area contributed by atoms with Crippen LogP contribution < -0.4 is 20.1 Å². The highest BCUT2D eigenvalue weighted by Crippen LogP contribution is 2.34. The minimum Gasteiger partial charge on any atom is -0.454 e. The van der Waals surface area contributed by atoms with Crippen LogP contribution >= 0.6 is 0 Å². The van der Waals surface area contributed by atoms with Gasteiger partial charge in [-0.25, -0.2) is 4.98 Å². The number of aromatic nitrogens is 1. The number of amides is 1. The van der Waals surface area contributed by atoms with Crippen molar-refractivity contribution in [3.05, 3.63) is 42.1 Å². The van der Waals surface area contributed by atoms with E-state index in [1.54, 1.807) is 18.3 Å². The van der Waals surface area contributed by atoms with Gasteiger partial charge in [0.1, 0.15) is 5.82 Å². The number of fused-ring (bicyclic) bond motifs is 1. The van der Waals surface area contributed by atoms with Crippen LogP contribution in [0, 0.1) is 0 Å². The summed E-state index contributed by atoms with van der Waals surface area (Å²) in [4.78, 5) is 18.5. The molecular weight excluding hydrogens is 320 g/mol. The number of benzene rings is 1. The molecule has 1 aromatic heterocycles. The molecule has 1 amide bonds. The van der Waals surface area contributed by atoms with Crippen molar-refractivity contribution in [3.8, 4) is 11.5 Å². The number of anilines is 2. The van der Waals surface area contributed by atoms with Crippen molar-refractivity contribution in [1.82, 2.24) is 15.2 Å². The quantitative estimate of drug-likeness (QED) is 0.752. The normalized spacial score (nSPS) is 12.3. The largest absolute Gasteiger partial charge is 0.454 e. The molecule has 2 N–H and O–H groups in total. The molecule has 132 valence electrons. The van der Waals surface area contributed by atoms with Crippen molar-refractivity contribution < 1.29 is 14.3 Å². The second-order valence-electron chi connectivity index (χ2n) is 6.04. The van der Waals surface area contributed by atoms with Gasteiger partial charge in [-0.1, -0.05) is 0 Å². The fourth-order valence-corrected chi connectivity index (χ4v) is 2.42. The predicted octanol–water partition coefficient (Wildman–Crippen LogP) is 2.24. The maximum Gasteiger partial charge on any atom is 0.252 e. The zero-order valence-corrected chi connectivity index (χ0v) is 14.4. The average Bonchev–Trinajstić information content (AvgIpc) is 3.07. The number of ether oxygens (including phenoxy) is 2. The van der Waals surface area contributed by atoms with Crippen LogP contribution in [0.2, 0.25) is 0 Å². The van der Waals surface area contributed by atoms with Crippen LogP contribution in [0.25, 0.3) is 0 Å². The summed E-state index contributed by atoms with van der Waals surface area (Å²) in [5.74, 6) is 1.99. The van der Waals surface area contributed by atoms with Gasteiger partial charge in [-0.05, 0) is 51.3 Å². The zero-order chi connectivity index (χ0) is 17.6. The number of pyridine rings is 1. The molecule has 0 aliphatic carbocycles. The van der Waals surface area contributed by atoms with E-state index in [2.05, 4.69) is 20.5 Å². The van der Waals surface area contributed by atoms with E-state index in [1.165, 1.54) is 0 Å². The van der Waals surface area contributed by atoms with Gasteiger partial charge in [0.15, 0.2) is 11.5 Å². The minimum absolute atomic E-state index is 0.110. The van der Waals surface area contributed by atoms with Crippen LogP contribution in [0.4, 0.5) is 11.5 Å². The van der Waals surface area contributed by atoms with E-state index in [0.29, 0.717) is 23.7 Å². The first kappa shape index (κ1) is 17.0. The summed E-state index contributed by atoms with van der Waals surface area (Å²) in [5.41, 5.74) is 1.39. The van der Waals surface area contributed by atoms with Crippen molar-refractivity contribution >= 4 is 17.4 Å². The number of rotatable bonds is 7. The van der Waals surface area contributed by atoms with Gasteiger partial charge in [-0.15, -0.1) is 0 Å². The predicted molar refractivity (Wildman–Crippen MR) is 95.6 cm³/mol. The first-order chi connectivity index (χ1) is 12.1. The Morgan fingerprint density at radius 3 is 2.80 bits per heavy atom. The van der Waals surface area contributed by atoms with E-state index in [9.17, 15) is 4.79 Å². The molecule has 25 heavy (non-hydrogen) atoms. The van der Waals surface area contributed by atoms with Crippen LogP contribution in [0.15, 0.2) is 36.5 Å². The lowest BCUT2D eigenvalue weighted by molar-refractivity contribution is 0.0952. The smallest absolute Gasteiger partial charge is 0.252 e. The number of carbonyl (C=O) groups is 1. The SMILES string of the molecule is CN(C)CCCNC(=O)c1ccc(Nc2ccc3c(c2)OCO3)nc1. The standard InChI is InChI=1S/C18H22N4O3/c1-22(2)9-3-8-19-18(23)13-4-7-17(20-11-13)21-14-5-6-15-16(10-14)25-12-24-15/h4-7,10-11H,3,8-9,12H2,1-2H3,(H,19,23)(H,20,21). The first-order valence-corrected chi connectivity index (χ1v) is 8.17. The molecule has 0 spiro atoms. The Bertz CT molecular complexity index is 732. The lowest BCUT2D eigenvalue weighted by Crippen LogP contribution is -2.27. The lowest BCUT2D eigenvalue weighted by atomic mass is 10.2. The number of hydrogen-bond acceptors (Lipinski definition) is 6. The summed E-state index contributed by atoms with van der Waals surface area (Å²) in [5, 5.41) is 6.08. The second kappa shape index (κ2) is 7.85. The fraction of sp³-hybridized carbons (Fsp3) is 0.333. The Kier molecular flexibility index (Phi) is 5.35. The Hall–Kier alpha value is -2.80. The topological polar surface area (TPSA) is 75.7 Å². The summed E-state index contributed by atoms with van der Waals surface area (Å²) in [6, 6.07) is 9.12. The molecule has 0 fully saturated rings. The minimum atomic E-state index is -0.110. The summed E-state index contributed by atoms with van der Waals surface area (Å²) in [6.07, 6.45) is 2.48. The highest BCUT2D eigenvalue weighted by molar-refractivity contribution is 5.94. The molecule has 0 saturated carbocycles. The third kappa shape index (κ3) is 4.60. The van der Waals surface area contributed by atoms with E-state index in [1.807, 2.05) is 32.3 Å². The van der Waals surface area contributed by atoms with Gasteiger partial charge in [0, 0.05) is 24.5 Å². The highest BCUT2D eigenvalue weighted by Gasteiger charge is 2.13. The van der Waals surface area contributed by atoms with E-state index in [-0.39, 0.29) is 12.7 Å². The van der Waals surface area contributed by atoms with Crippen LogP contribution in [0.3, 0.4) is 0 Å². The van der Waals surface area contributed by atoms with Gasteiger partial charge >= 0.3 is 0 Å². The third-order valence-electron chi connectivity index (χ3n) is 3.74. The molecule has 0 unspecified atom stereocenters. The Morgan fingerprint density at radius 2 is 2.04 bits per heavy atom. The molecule has 3 rings (SSSR count). The van der Waals surface area contributed by atoms with Crippen molar-refractivity contribution in [1.29, 1.82) is 0 Å². The summed E-state index contributed by atoms with van der Waals surface area (Å²) >= 11 is 0. The number of nitrogens with zero attached hydrogens (tertiary/aromatic N) is 2. The van der Waals surface area contributed by atoms with Crippen LogP contribution in [0.1, 0.15) is 16.8 Å².